The topological polar surface area (TPSA) is 114 Å². The van der Waals surface area contributed by atoms with Crippen LogP contribution in [0.25, 0.3) is 11.0 Å². The number of aryl methyl sites for hydroxylation is 2. The lowest BCUT2D eigenvalue weighted by atomic mass is 10.2. The van der Waals surface area contributed by atoms with Gasteiger partial charge in [0.1, 0.15) is 0 Å². The number of imidazole rings is 1. The van der Waals surface area contributed by atoms with Crippen molar-refractivity contribution < 1.29 is 14.4 Å². The number of aromatic nitrogens is 4. The summed E-state index contributed by atoms with van der Waals surface area (Å²) in [5.41, 5.74) is 0.560. The smallest absolute Gasteiger partial charge is 0.337 e. The van der Waals surface area contributed by atoms with Gasteiger partial charge in [0.25, 0.3) is 0 Å². The van der Waals surface area contributed by atoms with Crippen molar-refractivity contribution in [2.45, 2.75) is 13.0 Å². The van der Waals surface area contributed by atoms with Crippen molar-refractivity contribution in [3.8, 4) is 0 Å². The van der Waals surface area contributed by atoms with Crippen LogP contribution in [-0.4, -0.2) is 30.8 Å². The number of carboxylic acids is 1. The van der Waals surface area contributed by atoms with Crippen molar-refractivity contribution in [2.24, 2.45) is 0 Å². The molecule has 0 amide bonds. The fourth-order valence-corrected chi connectivity index (χ4v) is 2.12. The number of fused-ring (bicyclic) bond motifs is 1. The zero-order valence-electron chi connectivity index (χ0n) is 10.2. The summed E-state index contributed by atoms with van der Waals surface area (Å²) in [5.74, 6) is -0.694. The van der Waals surface area contributed by atoms with Crippen LogP contribution in [0, 0.1) is 0 Å². The number of H-pyrrole nitrogens is 1. The Labute approximate surface area is 111 Å². The van der Waals surface area contributed by atoms with E-state index in [0.29, 0.717) is 23.3 Å². The molecule has 8 nitrogen and oxygen atoms in total. The summed E-state index contributed by atoms with van der Waals surface area (Å²) in [6.45, 7) is 0.255. The molecule has 2 aromatic heterocycles. The number of para-hydroxylation sites is 1. The number of nitrogens with zero attached hydrogens (tertiary/aromatic N) is 3. The third-order valence-corrected chi connectivity index (χ3v) is 2.98. The quantitative estimate of drug-likeness (QED) is 0.722. The Balaban J connectivity index is 2.07. The molecule has 0 unspecified atom stereocenters. The van der Waals surface area contributed by atoms with E-state index in [9.17, 15) is 14.7 Å². The van der Waals surface area contributed by atoms with Crippen molar-refractivity contribution >= 4 is 17.0 Å². The molecule has 0 saturated heterocycles. The summed E-state index contributed by atoms with van der Waals surface area (Å²) in [6.07, 6.45) is 1.62. The van der Waals surface area contributed by atoms with Gasteiger partial charge in [0.05, 0.1) is 16.6 Å². The van der Waals surface area contributed by atoms with Gasteiger partial charge in [-0.05, 0) is 12.1 Å². The molecule has 8 heteroatoms. The number of carbonyl (C=O) groups is 1. The number of hydrogen-bond acceptors (Lipinski definition) is 5. The van der Waals surface area contributed by atoms with Crippen molar-refractivity contribution in [1.29, 1.82) is 0 Å². The van der Waals surface area contributed by atoms with E-state index in [1.54, 1.807) is 12.1 Å². The van der Waals surface area contributed by atoms with Crippen LogP contribution in [0.5, 0.6) is 0 Å². The zero-order valence-corrected chi connectivity index (χ0v) is 10.2. The summed E-state index contributed by atoms with van der Waals surface area (Å²) in [5, 5.41) is 12.7. The van der Waals surface area contributed by atoms with Crippen LogP contribution >= 0.6 is 0 Å². The Morgan fingerprint density at radius 2 is 2.30 bits per heavy atom. The molecule has 2 heterocycles. The van der Waals surface area contributed by atoms with Crippen LogP contribution in [0.3, 0.4) is 0 Å². The highest BCUT2D eigenvalue weighted by atomic mass is 16.5. The van der Waals surface area contributed by atoms with Crippen molar-refractivity contribution in [1.82, 2.24) is 19.7 Å². The molecular formula is C12H10N4O4. The van der Waals surface area contributed by atoms with E-state index in [1.807, 2.05) is 0 Å². The molecule has 0 radical (unpaired) electrons. The first-order valence-electron chi connectivity index (χ1n) is 5.87. The van der Waals surface area contributed by atoms with Gasteiger partial charge >= 0.3 is 11.7 Å². The van der Waals surface area contributed by atoms with Crippen LogP contribution in [0.4, 0.5) is 0 Å². The van der Waals surface area contributed by atoms with Crippen molar-refractivity contribution in [3.63, 3.8) is 0 Å². The first kappa shape index (κ1) is 12.2. The monoisotopic (exact) mass is 274 g/mol. The van der Waals surface area contributed by atoms with Crippen LogP contribution in [-0.2, 0) is 13.0 Å². The van der Waals surface area contributed by atoms with Crippen LogP contribution in [0.1, 0.15) is 16.2 Å². The largest absolute Gasteiger partial charge is 0.478 e. The van der Waals surface area contributed by atoms with Crippen LogP contribution in [0.15, 0.2) is 33.8 Å². The van der Waals surface area contributed by atoms with Crippen molar-refractivity contribution in [2.75, 3.05) is 0 Å². The first-order valence-corrected chi connectivity index (χ1v) is 5.87. The minimum absolute atomic E-state index is 0.0754. The number of benzene rings is 1. The molecule has 0 atom stereocenters. The van der Waals surface area contributed by atoms with Crippen LogP contribution < -0.4 is 5.69 Å². The maximum absolute atomic E-state index is 11.9. The van der Waals surface area contributed by atoms with Gasteiger partial charge in [-0.2, -0.15) is 4.98 Å². The lowest BCUT2D eigenvalue weighted by molar-refractivity contribution is 0.0698. The van der Waals surface area contributed by atoms with Gasteiger partial charge in [0, 0.05) is 13.0 Å². The van der Waals surface area contributed by atoms with Gasteiger partial charge in [0.15, 0.2) is 6.33 Å². The van der Waals surface area contributed by atoms with E-state index in [1.165, 1.54) is 17.0 Å². The molecule has 1 aromatic carbocycles. The van der Waals surface area contributed by atoms with Gasteiger partial charge in [-0.25, -0.2) is 9.59 Å². The Morgan fingerprint density at radius 1 is 1.45 bits per heavy atom. The SMILES string of the molecule is O=C(O)c1cccc2[nH]c(=O)n(CCc3ncno3)c12. The molecule has 0 aliphatic rings. The molecule has 102 valence electrons. The van der Waals surface area contributed by atoms with Gasteiger partial charge < -0.3 is 14.6 Å². The lowest BCUT2D eigenvalue weighted by Crippen LogP contribution is -2.19. The zero-order chi connectivity index (χ0) is 14.1. The molecule has 0 fully saturated rings. The predicted molar refractivity (Wildman–Crippen MR) is 67.5 cm³/mol. The van der Waals surface area contributed by atoms with E-state index < -0.39 is 5.97 Å². The molecule has 0 spiro atoms. The summed E-state index contributed by atoms with van der Waals surface area (Å²) in [7, 11) is 0. The second-order valence-corrected chi connectivity index (χ2v) is 4.17. The lowest BCUT2D eigenvalue weighted by Gasteiger charge is -2.03. The van der Waals surface area contributed by atoms with Gasteiger partial charge in [-0.1, -0.05) is 11.2 Å². The van der Waals surface area contributed by atoms with E-state index >= 15 is 0 Å². The molecular weight excluding hydrogens is 264 g/mol. The van der Waals surface area contributed by atoms with Crippen LogP contribution in [0.2, 0.25) is 0 Å². The highest BCUT2D eigenvalue weighted by Gasteiger charge is 2.15. The predicted octanol–water partition coefficient (Wildman–Crippen LogP) is 0.653. The molecule has 3 aromatic rings. The molecule has 0 aliphatic carbocycles. The normalized spacial score (nSPS) is 11.0. The number of nitrogens with one attached hydrogen (secondary N) is 1. The third kappa shape index (κ3) is 1.96. The minimum atomic E-state index is -1.08. The summed E-state index contributed by atoms with van der Waals surface area (Å²) in [4.78, 5) is 29.7. The van der Waals surface area contributed by atoms with E-state index in [0.717, 1.165) is 0 Å². The average molecular weight is 274 g/mol. The maximum Gasteiger partial charge on any atom is 0.337 e. The second kappa shape index (κ2) is 4.65. The molecule has 0 aliphatic heterocycles. The number of aromatic amines is 1. The fourth-order valence-electron chi connectivity index (χ4n) is 2.12. The highest BCUT2D eigenvalue weighted by Crippen LogP contribution is 2.16. The van der Waals surface area contributed by atoms with Gasteiger partial charge in [-0.3, -0.25) is 4.57 Å². The number of carboxylic acid groups (broad SMARTS) is 1. The number of hydrogen-bond donors (Lipinski definition) is 2. The molecule has 0 bridgehead atoms. The number of rotatable bonds is 4. The molecule has 0 saturated carbocycles. The van der Waals surface area contributed by atoms with E-state index in [-0.39, 0.29) is 17.8 Å². The Morgan fingerprint density at radius 3 is 3.00 bits per heavy atom. The minimum Gasteiger partial charge on any atom is -0.478 e. The Hall–Kier alpha value is -2.90. The molecule has 20 heavy (non-hydrogen) atoms. The average Bonchev–Trinajstić information content (AvgIpc) is 3.02. The van der Waals surface area contributed by atoms with E-state index in [2.05, 4.69) is 15.1 Å². The van der Waals surface area contributed by atoms with Gasteiger partial charge in [0.2, 0.25) is 5.89 Å². The second-order valence-electron chi connectivity index (χ2n) is 4.17. The summed E-state index contributed by atoms with van der Waals surface area (Å²) >= 11 is 0. The first-order chi connectivity index (χ1) is 9.66. The fraction of sp³-hybridized carbons (Fsp3) is 0.167. The molecule has 2 N–H and O–H groups in total. The third-order valence-electron chi connectivity index (χ3n) is 2.98. The highest BCUT2D eigenvalue weighted by molar-refractivity contribution is 6.01. The maximum atomic E-state index is 11.9. The Bertz CT molecular complexity index is 816. The van der Waals surface area contributed by atoms with Crippen molar-refractivity contribution in [3.05, 3.63) is 46.5 Å². The standard InChI is InChI=1S/C12H10N4O4/c17-11(18)7-2-1-3-8-10(7)16(12(19)15-8)5-4-9-13-6-14-20-9/h1-3,6H,4-5H2,(H,15,19)(H,17,18). The Kier molecular flexibility index (Phi) is 2.82. The summed E-state index contributed by atoms with van der Waals surface area (Å²) < 4.78 is 6.22. The van der Waals surface area contributed by atoms with E-state index in [4.69, 9.17) is 4.52 Å². The number of aromatic carboxylic acids is 1. The summed E-state index contributed by atoms with van der Waals surface area (Å²) in [6, 6.07) is 4.71. The van der Waals surface area contributed by atoms with Gasteiger partial charge in [-0.15, -0.1) is 0 Å². The molecule has 3 rings (SSSR count).